The minimum absolute atomic E-state index is 0.139. The van der Waals surface area contributed by atoms with E-state index in [1.54, 1.807) is 24.3 Å². The predicted molar refractivity (Wildman–Crippen MR) is 63.2 cm³/mol. The highest BCUT2D eigenvalue weighted by molar-refractivity contribution is 5.77. The molecule has 17 heavy (non-hydrogen) atoms. The lowest BCUT2D eigenvalue weighted by atomic mass is 10.0. The van der Waals surface area contributed by atoms with Gasteiger partial charge in [0.2, 0.25) is 5.91 Å². The second kappa shape index (κ2) is 6.65. The van der Waals surface area contributed by atoms with Gasteiger partial charge in [-0.1, -0.05) is 30.3 Å². The summed E-state index contributed by atoms with van der Waals surface area (Å²) in [7, 11) is 0. The van der Waals surface area contributed by atoms with Crippen LogP contribution in [0.3, 0.4) is 0 Å². The molecule has 0 aliphatic carbocycles. The molecule has 0 aliphatic heterocycles. The molecule has 0 saturated carbocycles. The Bertz CT molecular complexity index is 379. The van der Waals surface area contributed by atoms with Crippen LogP contribution in [0.4, 0.5) is 0 Å². The Morgan fingerprint density at radius 2 is 1.94 bits per heavy atom. The number of carbonyl (C=O) groups excluding carboxylic acids is 1. The average Bonchev–Trinajstić information content (AvgIpc) is 2.29. The van der Waals surface area contributed by atoms with Crippen molar-refractivity contribution in [2.75, 3.05) is 6.54 Å². The summed E-state index contributed by atoms with van der Waals surface area (Å²) in [5.41, 5.74) is 6.05. The molecule has 5 nitrogen and oxygen atoms in total. The molecule has 1 aromatic carbocycles. The van der Waals surface area contributed by atoms with Crippen molar-refractivity contribution in [1.82, 2.24) is 5.32 Å². The summed E-state index contributed by atoms with van der Waals surface area (Å²) < 4.78 is 0. The summed E-state index contributed by atoms with van der Waals surface area (Å²) >= 11 is 0. The van der Waals surface area contributed by atoms with Crippen LogP contribution in [-0.4, -0.2) is 23.5 Å². The van der Waals surface area contributed by atoms with Crippen molar-refractivity contribution in [2.24, 2.45) is 5.73 Å². The zero-order valence-electron chi connectivity index (χ0n) is 9.43. The molecule has 1 rings (SSSR count). The Labute approximate surface area is 99.6 Å². The second-order valence-electron chi connectivity index (χ2n) is 3.67. The van der Waals surface area contributed by atoms with E-state index in [9.17, 15) is 9.59 Å². The van der Waals surface area contributed by atoms with E-state index < -0.39 is 12.0 Å². The average molecular weight is 236 g/mol. The van der Waals surface area contributed by atoms with E-state index in [2.05, 4.69) is 5.32 Å². The molecule has 92 valence electrons. The highest BCUT2D eigenvalue weighted by Gasteiger charge is 2.17. The number of amides is 1. The number of hydrogen-bond donors (Lipinski definition) is 3. The molecule has 0 heterocycles. The van der Waals surface area contributed by atoms with Crippen LogP contribution < -0.4 is 11.1 Å². The number of nitrogens with two attached hydrogens (primary N) is 1. The maximum absolute atomic E-state index is 11.4. The normalized spacial score (nSPS) is 11.8. The number of benzene rings is 1. The summed E-state index contributed by atoms with van der Waals surface area (Å²) in [6.45, 7) is 0.250. The fraction of sp³-hybridized carbons (Fsp3) is 0.333. The van der Waals surface area contributed by atoms with Crippen LogP contribution >= 0.6 is 0 Å². The van der Waals surface area contributed by atoms with Gasteiger partial charge in [-0.15, -0.1) is 0 Å². The third-order valence-electron chi connectivity index (χ3n) is 2.29. The third-order valence-corrected chi connectivity index (χ3v) is 2.29. The fourth-order valence-corrected chi connectivity index (χ4v) is 1.51. The van der Waals surface area contributed by atoms with Gasteiger partial charge in [-0.25, -0.2) is 0 Å². The van der Waals surface area contributed by atoms with E-state index in [-0.39, 0.29) is 25.3 Å². The number of aliphatic carboxylic acids is 1. The van der Waals surface area contributed by atoms with Crippen LogP contribution in [0.15, 0.2) is 30.3 Å². The van der Waals surface area contributed by atoms with Gasteiger partial charge in [0.15, 0.2) is 0 Å². The van der Waals surface area contributed by atoms with Crippen LogP contribution in [0.5, 0.6) is 0 Å². The lowest BCUT2D eigenvalue weighted by Gasteiger charge is -2.17. The number of nitrogens with one attached hydrogen (secondary N) is 1. The lowest BCUT2D eigenvalue weighted by Crippen LogP contribution is -2.31. The fourth-order valence-electron chi connectivity index (χ4n) is 1.51. The van der Waals surface area contributed by atoms with E-state index in [4.69, 9.17) is 10.8 Å². The summed E-state index contributed by atoms with van der Waals surface area (Å²) in [5.74, 6) is -1.19. The minimum Gasteiger partial charge on any atom is -0.481 e. The van der Waals surface area contributed by atoms with Crippen molar-refractivity contribution in [3.05, 3.63) is 35.9 Å². The number of carboxylic acids is 1. The molecule has 0 radical (unpaired) electrons. The van der Waals surface area contributed by atoms with Gasteiger partial charge in [0.1, 0.15) is 0 Å². The maximum Gasteiger partial charge on any atom is 0.305 e. The number of carbonyl (C=O) groups is 2. The summed E-state index contributed by atoms with van der Waals surface area (Å²) in [6, 6.07) is 8.52. The topological polar surface area (TPSA) is 92.4 Å². The molecule has 0 aliphatic rings. The Kier molecular flexibility index (Phi) is 5.16. The summed E-state index contributed by atoms with van der Waals surface area (Å²) in [6.07, 6.45) is 0.0588. The smallest absolute Gasteiger partial charge is 0.305 e. The van der Waals surface area contributed by atoms with Gasteiger partial charge in [0, 0.05) is 13.0 Å². The summed E-state index contributed by atoms with van der Waals surface area (Å²) in [5, 5.41) is 11.5. The Hall–Kier alpha value is -1.88. The van der Waals surface area contributed by atoms with Gasteiger partial charge in [-0.05, 0) is 5.56 Å². The predicted octanol–water partition coefficient (Wildman–Crippen LogP) is 0.667. The SMILES string of the molecule is NCCC(=O)NC(CC(=O)O)c1ccccc1. The molecule has 0 fully saturated rings. The molecule has 1 atom stereocenters. The van der Waals surface area contributed by atoms with Crippen molar-refractivity contribution in [1.29, 1.82) is 0 Å². The monoisotopic (exact) mass is 236 g/mol. The highest BCUT2D eigenvalue weighted by Crippen LogP contribution is 2.16. The first-order chi connectivity index (χ1) is 8.13. The number of carboxylic acid groups (broad SMARTS) is 1. The Balaban J connectivity index is 2.74. The second-order valence-corrected chi connectivity index (χ2v) is 3.67. The van der Waals surface area contributed by atoms with Crippen molar-refractivity contribution in [3.8, 4) is 0 Å². The molecular formula is C12H16N2O3. The molecule has 0 spiro atoms. The number of rotatable bonds is 6. The van der Waals surface area contributed by atoms with Gasteiger partial charge in [0.25, 0.3) is 0 Å². The molecule has 4 N–H and O–H groups in total. The Morgan fingerprint density at radius 1 is 1.29 bits per heavy atom. The van der Waals surface area contributed by atoms with Gasteiger partial charge >= 0.3 is 5.97 Å². The molecule has 0 aromatic heterocycles. The van der Waals surface area contributed by atoms with Crippen LogP contribution in [-0.2, 0) is 9.59 Å². The number of hydrogen-bond acceptors (Lipinski definition) is 3. The van der Waals surface area contributed by atoms with E-state index >= 15 is 0 Å². The quantitative estimate of drug-likeness (QED) is 0.676. The first-order valence-corrected chi connectivity index (χ1v) is 5.39. The van der Waals surface area contributed by atoms with Crippen molar-refractivity contribution in [2.45, 2.75) is 18.9 Å². The van der Waals surface area contributed by atoms with Crippen molar-refractivity contribution < 1.29 is 14.7 Å². The largest absolute Gasteiger partial charge is 0.481 e. The van der Waals surface area contributed by atoms with Gasteiger partial charge in [-0.3, -0.25) is 9.59 Å². The van der Waals surface area contributed by atoms with Crippen molar-refractivity contribution in [3.63, 3.8) is 0 Å². The lowest BCUT2D eigenvalue weighted by molar-refractivity contribution is -0.137. The van der Waals surface area contributed by atoms with E-state index in [1.165, 1.54) is 0 Å². The third kappa shape index (κ3) is 4.65. The standard InChI is InChI=1S/C12H16N2O3/c13-7-6-11(15)14-10(8-12(16)17)9-4-2-1-3-5-9/h1-5,10H,6-8,13H2,(H,14,15)(H,16,17). The van der Waals surface area contributed by atoms with Gasteiger partial charge < -0.3 is 16.2 Å². The molecular weight excluding hydrogens is 220 g/mol. The molecule has 1 amide bonds. The zero-order valence-corrected chi connectivity index (χ0v) is 9.43. The minimum atomic E-state index is -0.952. The molecule has 0 bridgehead atoms. The van der Waals surface area contributed by atoms with Crippen LogP contribution in [0, 0.1) is 0 Å². The summed E-state index contributed by atoms with van der Waals surface area (Å²) in [4.78, 5) is 22.2. The van der Waals surface area contributed by atoms with Crippen molar-refractivity contribution >= 4 is 11.9 Å². The van der Waals surface area contributed by atoms with Crippen LogP contribution in [0.1, 0.15) is 24.4 Å². The zero-order chi connectivity index (χ0) is 12.7. The maximum atomic E-state index is 11.4. The highest BCUT2D eigenvalue weighted by atomic mass is 16.4. The van der Waals surface area contributed by atoms with Gasteiger partial charge in [0.05, 0.1) is 12.5 Å². The first-order valence-electron chi connectivity index (χ1n) is 5.39. The molecule has 1 aromatic rings. The molecule has 1 unspecified atom stereocenters. The van der Waals surface area contributed by atoms with Crippen LogP contribution in [0.2, 0.25) is 0 Å². The van der Waals surface area contributed by atoms with Crippen LogP contribution in [0.25, 0.3) is 0 Å². The van der Waals surface area contributed by atoms with E-state index in [0.717, 1.165) is 5.56 Å². The van der Waals surface area contributed by atoms with E-state index in [1.807, 2.05) is 6.07 Å². The van der Waals surface area contributed by atoms with Gasteiger partial charge in [-0.2, -0.15) is 0 Å². The van der Waals surface area contributed by atoms with E-state index in [0.29, 0.717) is 0 Å². The Morgan fingerprint density at radius 3 is 2.47 bits per heavy atom. The molecule has 5 heteroatoms. The molecule has 0 saturated heterocycles. The first kappa shape index (κ1) is 13.2.